The molecule has 0 bridgehead atoms. The fraction of sp³-hybridized carbons (Fsp3) is 0.423. The summed E-state index contributed by atoms with van der Waals surface area (Å²) >= 11 is 0. The second kappa shape index (κ2) is 9.83. The highest BCUT2D eigenvalue weighted by atomic mass is 19.1. The SMILES string of the molecule is COc1ccc([C@]2(CC(=O)N3CCC[C@@H](COc4ccccc4F)C3)CC(=O)N(C)C2=O)cc1. The number of amides is 3. The van der Waals surface area contributed by atoms with Gasteiger partial charge < -0.3 is 14.4 Å². The third kappa shape index (κ3) is 4.62. The first-order chi connectivity index (χ1) is 16.3. The van der Waals surface area contributed by atoms with E-state index >= 15 is 0 Å². The molecule has 2 aliphatic rings. The molecule has 0 saturated carbocycles. The van der Waals surface area contributed by atoms with Gasteiger partial charge in [-0.3, -0.25) is 19.3 Å². The van der Waals surface area contributed by atoms with E-state index in [4.69, 9.17) is 9.47 Å². The molecule has 2 saturated heterocycles. The third-order valence-electron chi connectivity index (χ3n) is 6.82. The molecule has 2 aromatic carbocycles. The summed E-state index contributed by atoms with van der Waals surface area (Å²) in [5.74, 6) is -0.385. The number of rotatable bonds is 7. The summed E-state index contributed by atoms with van der Waals surface area (Å²) < 4.78 is 24.7. The summed E-state index contributed by atoms with van der Waals surface area (Å²) in [7, 11) is 3.01. The summed E-state index contributed by atoms with van der Waals surface area (Å²) in [4.78, 5) is 41.9. The number of likely N-dealkylation sites (N-methyl/N-ethyl adjacent to an activating group) is 1. The molecule has 7 nitrogen and oxygen atoms in total. The number of ether oxygens (including phenoxy) is 2. The van der Waals surface area contributed by atoms with E-state index in [1.54, 1.807) is 54.5 Å². The first-order valence-corrected chi connectivity index (χ1v) is 11.4. The van der Waals surface area contributed by atoms with Crippen molar-refractivity contribution in [3.8, 4) is 11.5 Å². The highest BCUT2D eigenvalue weighted by Crippen LogP contribution is 2.40. The number of nitrogens with zero attached hydrogens (tertiary/aromatic N) is 2. The maximum Gasteiger partial charge on any atom is 0.240 e. The Bertz CT molecular complexity index is 1070. The van der Waals surface area contributed by atoms with E-state index in [-0.39, 0.29) is 42.2 Å². The van der Waals surface area contributed by atoms with Crippen molar-refractivity contribution in [3.63, 3.8) is 0 Å². The van der Waals surface area contributed by atoms with Crippen molar-refractivity contribution in [2.45, 2.75) is 31.1 Å². The molecule has 2 aromatic rings. The molecular formula is C26H29FN2O5. The van der Waals surface area contributed by atoms with E-state index < -0.39 is 11.2 Å². The van der Waals surface area contributed by atoms with Gasteiger partial charge in [0.25, 0.3) is 0 Å². The lowest BCUT2D eigenvalue weighted by molar-refractivity contribution is -0.142. The van der Waals surface area contributed by atoms with Crippen LogP contribution in [0.4, 0.5) is 4.39 Å². The Kier molecular flexibility index (Phi) is 6.86. The Labute approximate surface area is 198 Å². The van der Waals surface area contributed by atoms with Crippen molar-refractivity contribution < 1.29 is 28.2 Å². The average Bonchev–Trinajstić information content (AvgIpc) is 3.07. The smallest absolute Gasteiger partial charge is 0.240 e. The Hall–Kier alpha value is -3.42. The molecular weight excluding hydrogens is 439 g/mol. The molecule has 3 amide bonds. The molecule has 34 heavy (non-hydrogen) atoms. The van der Waals surface area contributed by atoms with Crippen LogP contribution in [0.15, 0.2) is 48.5 Å². The molecule has 0 radical (unpaired) electrons. The zero-order valence-electron chi connectivity index (χ0n) is 19.5. The lowest BCUT2D eigenvalue weighted by Crippen LogP contribution is -2.46. The zero-order valence-corrected chi connectivity index (χ0v) is 19.5. The number of halogens is 1. The van der Waals surface area contributed by atoms with Crippen LogP contribution in [-0.4, -0.2) is 61.4 Å². The molecule has 8 heteroatoms. The summed E-state index contributed by atoms with van der Waals surface area (Å²) in [6.07, 6.45) is 1.52. The normalized spacial score (nSPS) is 22.7. The van der Waals surface area contributed by atoms with Gasteiger partial charge in [-0.25, -0.2) is 4.39 Å². The van der Waals surface area contributed by atoms with Crippen LogP contribution >= 0.6 is 0 Å². The van der Waals surface area contributed by atoms with Crippen LogP contribution in [0.3, 0.4) is 0 Å². The molecule has 180 valence electrons. The molecule has 2 aliphatic heterocycles. The van der Waals surface area contributed by atoms with Crippen molar-refractivity contribution in [1.82, 2.24) is 9.80 Å². The lowest BCUT2D eigenvalue weighted by Gasteiger charge is -2.35. The maximum absolute atomic E-state index is 13.9. The van der Waals surface area contributed by atoms with Crippen molar-refractivity contribution in [3.05, 3.63) is 59.9 Å². The number of piperidine rings is 1. The van der Waals surface area contributed by atoms with E-state index in [1.165, 1.54) is 13.1 Å². The fourth-order valence-corrected chi connectivity index (χ4v) is 4.83. The van der Waals surface area contributed by atoms with Crippen LogP contribution in [0, 0.1) is 11.7 Å². The van der Waals surface area contributed by atoms with Crippen LogP contribution < -0.4 is 9.47 Å². The van der Waals surface area contributed by atoms with Crippen LogP contribution in [0.1, 0.15) is 31.2 Å². The number of methoxy groups -OCH3 is 1. The van der Waals surface area contributed by atoms with Gasteiger partial charge in [0.2, 0.25) is 17.7 Å². The number of carbonyl (C=O) groups is 3. The summed E-state index contributed by atoms with van der Waals surface area (Å²) in [6, 6.07) is 13.2. The number of hydrogen-bond acceptors (Lipinski definition) is 5. The molecule has 2 fully saturated rings. The van der Waals surface area contributed by atoms with Crippen molar-refractivity contribution in [2.24, 2.45) is 5.92 Å². The van der Waals surface area contributed by atoms with Crippen LogP contribution in [0.2, 0.25) is 0 Å². The molecule has 0 aromatic heterocycles. The summed E-state index contributed by atoms with van der Waals surface area (Å²) in [5.41, 5.74) is -0.605. The number of likely N-dealkylation sites (tertiary alicyclic amines) is 2. The monoisotopic (exact) mass is 468 g/mol. The van der Waals surface area contributed by atoms with Crippen molar-refractivity contribution in [1.29, 1.82) is 0 Å². The quantitative estimate of drug-likeness (QED) is 0.584. The largest absolute Gasteiger partial charge is 0.497 e. The van der Waals surface area contributed by atoms with Gasteiger partial charge >= 0.3 is 0 Å². The first-order valence-electron chi connectivity index (χ1n) is 11.4. The number of benzene rings is 2. The van der Waals surface area contributed by atoms with Crippen LogP contribution in [0.25, 0.3) is 0 Å². The van der Waals surface area contributed by atoms with Gasteiger partial charge in [-0.2, -0.15) is 0 Å². The second-order valence-electron chi connectivity index (χ2n) is 9.01. The van der Waals surface area contributed by atoms with E-state index in [9.17, 15) is 18.8 Å². The molecule has 4 rings (SSSR count). The summed E-state index contributed by atoms with van der Waals surface area (Å²) in [6.45, 7) is 1.34. The molecule has 2 atom stereocenters. The van der Waals surface area contributed by atoms with Crippen molar-refractivity contribution in [2.75, 3.05) is 33.9 Å². The van der Waals surface area contributed by atoms with Gasteiger partial charge in [0, 0.05) is 38.9 Å². The number of hydrogen-bond donors (Lipinski definition) is 0. The van der Waals surface area contributed by atoms with Gasteiger partial charge in [0.1, 0.15) is 5.75 Å². The Balaban J connectivity index is 1.48. The van der Waals surface area contributed by atoms with Gasteiger partial charge in [-0.1, -0.05) is 24.3 Å². The molecule has 0 N–H and O–H groups in total. The van der Waals surface area contributed by atoms with Crippen molar-refractivity contribution >= 4 is 17.7 Å². The first kappa shape index (κ1) is 23.7. The van der Waals surface area contributed by atoms with Gasteiger partial charge in [0.15, 0.2) is 11.6 Å². The number of para-hydroxylation sites is 1. The van der Waals surface area contributed by atoms with Crippen LogP contribution in [0.5, 0.6) is 11.5 Å². The standard InChI is InChI=1S/C26H29FN2O5/c1-28-23(30)14-26(25(28)32,19-9-11-20(33-2)12-10-19)15-24(31)29-13-5-6-18(16-29)17-34-22-8-4-3-7-21(22)27/h3-4,7-12,18H,5-6,13-17H2,1-2H3/t18-,26-/m1/s1. The number of imide groups is 1. The Morgan fingerprint density at radius 3 is 2.53 bits per heavy atom. The Morgan fingerprint density at radius 1 is 1.15 bits per heavy atom. The zero-order chi connectivity index (χ0) is 24.3. The van der Waals surface area contributed by atoms with E-state index in [1.807, 2.05) is 0 Å². The highest BCUT2D eigenvalue weighted by molar-refractivity contribution is 6.10. The van der Waals surface area contributed by atoms with Gasteiger partial charge in [-0.05, 0) is 42.7 Å². The maximum atomic E-state index is 13.9. The van der Waals surface area contributed by atoms with E-state index in [0.717, 1.165) is 17.7 Å². The second-order valence-corrected chi connectivity index (χ2v) is 9.01. The van der Waals surface area contributed by atoms with Gasteiger partial charge in [0.05, 0.1) is 19.1 Å². The fourth-order valence-electron chi connectivity index (χ4n) is 4.83. The van der Waals surface area contributed by atoms with Gasteiger partial charge in [-0.15, -0.1) is 0 Å². The highest BCUT2D eigenvalue weighted by Gasteiger charge is 2.53. The average molecular weight is 469 g/mol. The third-order valence-corrected chi connectivity index (χ3v) is 6.82. The molecule has 0 aliphatic carbocycles. The minimum Gasteiger partial charge on any atom is -0.497 e. The minimum absolute atomic E-state index is 0.0476. The number of carbonyl (C=O) groups excluding carboxylic acids is 3. The predicted molar refractivity (Wildman–Crippen MR) is 123 cm³/mol. The van der Waals surface area contributed by atoms with E-state index in [0.29, 0.717) is 31.0 Å². The Morgan fingerprint density at radius 2 is 1.88 bits per heavy atom. The molecule has 2 heterocycles. The van der Waals surface area contributed by atoms with Crippen LogP contribution in [-0.2, 0) is 19.8 Å². The van der Waals surface area contributed by atoms with E-state index in [2.05, 4.69) is 0 Å². The molecule has 0 unspecified atom stereocenters. The summed E-state index contributed by atoms with van der Waals surface area (Å²) in [5, 5.41) is 0. The molecule has 0 spiro atoms. The lowest BCUT2D eigenvalue weighted by atomic mass is 9.75. The predicted octanol–water partition coefficient (Wildman–Crippen LogP) is 3.17. The topological polar surface area (TPSA) is 76.2 Å². The minimum atomic E-state index is -1.23.